The fourth-order valence-corrected chi connectivity index (χ4v) is 2.63. The Kier molecular flexibility index (Phi) is 5.06. The molecule has 16 heavy (non-hydrogen) atoms. The van der Waals surface area contributed by atoms with Crippen molar-refractivity contribution in [2.24, 2.45) is 0 Å². The molecular formula is C12H18Cl2N2. The lowest BCUT2D eigenvalue weighted by Crippen LogP contribution is -2.60. The third-order valence-corrected chi connectivity index (χ3v) is 3.44. The smallest absolute Gasteiger partial charge is 0.0352 e. The van der Waals surface area contributed by atoms with Gasteiger partial charge in [0.05, 0.1) is 0 Å². The molecule has 1 aromatic carbocycles. The van der Waals surface area contributed by atoms with E-state index in [1.54, 1.807) is 0 Å². The first-order chi connectivity index (χ1) is 6.93. The SMILES string of the molecule is Cl.Cl.c1ccc(CN2C[C@@H]3NCC[C@@H]32)cc1. The van der Waals surface area contributed by atoms with Crippen molar-refractivity contribution in [3.05, 3.63) is 35.9 Å². The van der Waals surface area contributed by atoms with Crippen LogP contribution in [-0.2, 0) is 6.54 Å². The number of rotatable bonds is 2. The Hall–Kier alpha value is -0.280. The molecule has 2 aliphatic heterocycles. The van der Waals surface area contributed by atoms with Gasteiger partial charge in [0.2, 0.25) is 0 Å². The van der Waals surface area contributed by atoms with Crippen LogP contribution in [0.2, 0.25) is 0 Å². The number of halogens is 2. The second kappa shape index (κ2) is 5.87. The normalized spacial score (nSPS) is 27.2. The van der Waals surface area contributed by atoms with E-state index in [-0.39, 0.29) is 24.8 Å². The molecule has 0 aromatic heterocycles. The average Bonchev–Trinajstić information content (AvgIpc) is 2.58. The third kappa shape index (κ3) is 2.51. The van der Waals surface area contributed by atoms with E-state index in [1.807, 2.05) is 0 Å². The standard InChI is InChI=1S/C12H16N2.2ClH/c1-2-4-10(5-3-1)8-14-9-11-12(14)6-7-13-11;;/h1-5,11-13H,6-9H2;2*1H/t11-,12-;;/m0../s1. The van der Waals surface area contributed by atoms with Crippen LogP contribution in [0.15, 0.2) is 30.3 Å². The average molecular weight is 261 g/mol. The van der Waals surface area contributed by atoms with Gasteiger partial charge in [0.1, 0.15) is 0 Å². The summed E-state index contributed by atoms with van der Waals surface area (Å²) in [6.07, 6.45) is 1.33. The maximum Gasteiger partial charge on any atom is 0.0352 e. The molecule has 0 bridgehead atoms. The van der Waals surface area contributed by atoms with Crippen LogP contribution < -0.4 is 5.32 Å². The first-order valence-corrected chi connectivity index (χ1v) is 5.45. The minimum absolute atomic E-state index is 0. The van der Waals surface area contributed by atoms with Crippen LogP contribution in [0.1, 0.15) is 12.0 Å². The summed E-state index contributed by atoms with van der Waals surface area (Å²) in [5.74, 6) is 0. The molecule has 0 radical (unpaired) electrons. The zero-order valence-electron chi connectivity index (χ0n) is 9.13. The van der Waals surface area contributed by atoms with Gasteiger partial charge in [0, 0.05) is 25.2 Å². The minimum atomic E-state index is 0. The summed E-state index contributed by atoms with van der Waals surface area (Å²) in [5.41, 5.74) is 1.44. The fraction of sp³-hybridized carbons (Fsp3) is 0.500. The highest BCUT2D eigenvalue weighted by atomic mass is 35.5. The van der Waals surface area contributed by atoms with Gasteiger partial charge in [0.15, 0.2) is 0 Å². The minimum Gasteiger partial charge on any atom is -0.311 e. The molecule has 4 heteroatoms. The lowest BCUT2D eigenvalue weighted by Gasteiger charge is -2.44. The Bertz CT molecular complexity index is 318. The molecule has 0 spiro atoms. The Morgan fingerprint density at radius 1 is 1.19 bits per heavy atom. The zero-order valence-corrected chi connectivity index (χ0v) is 10.8. The predicted octanol–water partition coefficient (Wildman–Crippen LogP) is 2.08. The molecule has 0 aliphatic carbocycles. The largest absolute Gasteiger partial charge is 0.311 e. The molecule has 2 aliphatic rings. The van der Waals surface area contributed by atoms with E-state index in [0.717, 1.165) is 18.6 Å². The molecule has 0 amide bonds. The second-order valence-corrected chi connectivity index (χ2v) is 4.33. The lowest BCUT2D eigenvalue weighted by atomic mass is 9.97. The number of benzene rings is 1. The summed E-state index contributed by atoms with van der Waals surface area (Å²) in [4.78, 5) is 2.58. The van der Waals surface area contributed by atoms with Crippen LogP contribution in [-0.4, -0.2) is 30.1 Å². The van der Waals surface area contributed by atoms with Crippen LogP contribution in [0.4, 0.5) is 0 Å². The molecular weight excluding hydrogens is 243 g/mol. The molecule has 2 heterocycles. The zero-order chi connectivity index (χ0) is 9.38. The van der Waals surface area contributed by atoms with Crippen LogP contribution in [0.25, 0.3) is 0 Å². The summed E-state index contributed by atoms with van der Waals surface area (Å²) in [7, 11) is 0. The topological polar surface area (TPSA) is 15.3 Å². The highest BCUT2D eigenvalue weighted by Gasteiger charge is 2.41. The predicted molar refractivity (Wildman–Crippen MR) is 71.5 cm³/mol. The molecule has 3 rings (SSSR count). The Morgan fingerprint density at radius 3 is 2.62 bits per heavy atom. The van der Waals surface area contributed by atoms with E-state index in [0.29, 0.717) is 0 Å². The molecule has 0 saturated carbocycles. The van der Waals surface area contributed by atoms with Gasteiger partial charge in [-0.3, -0.25) is 4.90 Å². The molecule has 2 fully saturated rings. The van der Waals surface area contributed by atoms with Crippen molar-refractivity contribution in [2.75, 3.05) is 13.1 Å². The number of hydrogen-bond acceptors (Lipinski definition) is 2. The molecule has 2 atom stereocenters. The van der Waals surface area contributed by atoms with Gasteiger partial charge in [-0.15, -0.1) is 24.8 Å². The number of nitrogens with one attached hydrogen (secondary N) is 1. The van der Waals surface area contributed by atoms with E-state index in [9.17, 15) is 0 Å². The molecule has 0 unspecified atom stereocenters. The van der Waals surface area contributed by atoms with Crippen molar-refractivity contribution in [1.82, 2.24) is 10.2 Å². The Morgan fingerprint density at radius 2 is 1.94 bits per heavy atom. The van der Waals surface area contributed by atoms with Gasteiger partial charge in [-0.1, -0.05) is 30.3 Å². The summed E-state index contributed by atoms with van der Waals surface area (Å²) < 4.78 is 0. The monoisotopic (exact) mass is 260 g/mol. The quantitative estimate of drug-likeness (QED) is 0.876. The lowest BCUT2D eigenvalue weighted by molar-refractivity contribution is 0.0653. The van der Waals surface area contributed by atoms with Crippen LogP contribution >= 0.6 is 24.8 Å². The first kappa shape index (κ1) is 13.8. The first-order valence-electron chi connectivity index (χ1n) is 5.45. The summed E-state index contributed by atoms with van der Waals surface area (Å²) >= 11 is 0. The van der Waals surface area contributed by atoms with E-state index in [1.165, 1.54) is 25.1 Å². The van der Waals surface area contributed by atoms with Gasteiger partial charge < -0.3 is 5.32 Å². The highest BCUT2D eigenvalue weighted by molar-refractivity contribution is 5.85. The van der Waals surface area contributed by atoms with Crippen molar-refractivity contribution in [3.63, 3.8) is 0 Å². The number of nitrogens with zero attached hydrogens (tertiary/aromatic N) is 1. The van der Waals surface area contributed by atoms with Gasteiger partial charge in [-0.2, -0.15) is 0 Å². The van der Waals surface area contributed by atoms with Crippen molar-refractivity contribution in [2.45, 2.75) is 25.0 Å². The maximum absolute atomic E-state index is 3.53. The third-order valence-electron chi connectivity index (χ3n) is 3.44. The van der Waals surface area contributed by atoms with Gasteiger partial charge >= 0.3 is 0 Å². The molecule has 90 valence electrons. The van der Waals surface area contributed by atoms with E-state index < -0.39 is 0 Å². The maximum atomic E-state index is 3.53. The Labute approximate surface area is 109 Å². The Balaban J connectivity index is 0.000000640. The van der Waals surface area contributed by atoms with Crippen LogP contribution in [0.5, 0.6) is 0 Å². The molecule has 1 aromatic rings. The number of hydrogen-bond donors (Lipinski definition) is 1. The molecule has 1 N–H and O–H groups in total. The van der Waals surface area contributed by atoms with Gasteiger partial charge in [0.25, 0.3) is 0 Å². The second-order valence-electron chi connectivity index (χ2n) is 4.33. The fourth-order valence-electron chi connectivity index (χ4n) is 2.63. The molecule has 2 saturated heterocycles. The van der Waals surface area contributed by atoms with E-state index in [4.69, 9.17) is 0 Å². The van der Waals surface area contributed by atoms with Crippen molar-refractivity contribution < 1.29 is 0 Å². The highest BCUT2D eigenvalue weighted by Crippen LogP contribution is 2.27. The van der Waals surface area contributed by atoms with Crippen molar-refractivity contribution in [3.8, 4) is 0 Å². The van der Waals surface area contributed by atoms with Gasteiger partial charge in [-0.05, 0) is 18.5 Å². The summed E-state index contributed by atoms with van der Waals surface area (Å²) in [6.45, 7) is 3.57. The van der Waals surface area contributed by atoms with Crippen molar-refractivity contribution in [1.29, 1.82) is 0 Å². The molecule has 2 nitrogen and oxygen atoms in total. The van der Waals surface area contributed by atoms with Crippen molar-refractivity contribution >= 4 is 24.8 Å². The van der Waals surface area contributed by atoms with Crippen LogP contribution in [0, 0.1) is 0 Å². The van der Waals surface area contributed by atoms with Crippen LogP contribution in [0.3, 0.4) is 0 Å². The number of likely N-dealkylation sites (tertiary alicyclic amines) is 1. The van der Waals surface area contributed by atoms with Gasteiger partial charge in [-0.25, -0.2) is 0 Å². The van der Waals surface area contributed by atoms with E-state index in [2.05, 4.69) is 40.5 Å². The summed E-state index contributed by atoms with van der Waals surface area (Å²) in [6, 6.07) is 12.4. The van der Waals surface area contributed by atoms with E-state index >= 15 is 0 Å². The number of fused-ring (bicyclic) bond motifs is 1. The summed E-state index contributed by atoms with van der Waals surface area (Å²) in [5, 5.41) is 3.53.